The molecule has 3 heterocycles. The van der Waals surface area contributed by atoms with E-state index in [1.807, 2.05) is 11.8 Å². The fourth-order valence-corrected chi connectivity index (χ4v) is 3.48. The molecule has 0 spiro atoms. The highest BCUT2D eigenvalue weighted by molar-refractivity contribution is 6.36. The first-order chi connectivity index (χ1) is 10.1. The Morgan fingerprint density at radius 1 is 1.33 bits per heavy atom. The summed E-state index contributed by atoms with van der Waals surface area (Å²) in [5, 5.41) is 12.4. The summed E-state index contributed by atoms with van der Waals surface area (Å²) >= 11 is 0. The molecule has 0 saturated carbocycles. The summed E-state index contributed by atoms with van der Waals surface area (Å²) in [5.41, 5.74) is -0.0719. The van der Waals surface area contributed by atoms with Crippen LogP contribution in [0, 0.1) is 0 Å². The first-order valence-electron chi connectivity index (χ1n) is 7.56. The molecule has 0 radical (unpaired) electrons. The van der Waals surface area contributed by atoms with Crippen molar-refractivity contribution in [2.75, 3.05) is 19.6 Å². The molecule has 1 N–H and O–H groups in total. The van der Waals surface area contributed by atoms with Crippen LogP contribution in [0.25, 0.3) is 0 Å². The molecule has 3 aliphatic rings. The van der Waals surface area contributed by atoms with Crippen molar-refractivity contribution in [2.45, 2.75) is 50.8 Å². The van der Waals surface area contributed by atoms with Gasteiger partial charge < -0.3 is 14.8 Å². The minimum Gasteiger partial charge on any atom is -0.477 e. The Morgan fingerprint density at radius 3 is 2.86 bits per heavy atom. The van der Waals surface area contributed by atoms with Crippen LogP contribution in [0.15, 0.2) is 5.16 Å². The maximum atomic E-state index is 12.6. The first kappa shape index (κ1) is 14.3. The van der Waals surface area contributed by atoms with Gasteiger partial charge in [0.1, 0.15) is 0 Å². The number of hydrogen-bond donors (Lipinski definition) is 1. The first-order valence-corrected chi connectivity index (χ1v) is 7.56. The molecule has 2 saturated heterocycles. The molecular weight excluding hydrogens is 274 g/mol. The lowest BCUT2D eigenvalue weighted by Crippen LogP contribution is -2.61. The SMILES string of the molecule is CC1CN2CCCCC2CN1C(=O)C1CC(C(=O)O)=NO1. The van der Waals surface area contributed by atoms with E-state index < -0.39 is 12.1 Å². The van der Waals surface area contributed by atoms with Crippen molar-refractivity contribution in [3.63, 3.8) is 0 Å². The maximum Gasteiger partial charge on any atom is 0.353 e. The van der Waals surface area contributed by atoms with E-state index in [1.54, 1.807) is 0 Å². The molecule has 3 aliphatic heterocycles. The highest BCUT2D eigenvalue weighted by atomic mass is 16.6. The van der Waals surface area contributed by atoms with Gasteiger partial charge in [-0.2, -0.15) is 0 Å². The van der Waals surface area contributed by atoms with Crippen LogP contribution in [0.3, 0.4) is 0 Å². The molecule has 0 aromatic carbocycles. The van der Waals surface area contributed by atoms with Crippen molar-refractivity contribution in [3.05, 3.63) is 0 Å². The maximum absolute atomic E-state index is 12.6. The highest BCUT2D eigenvalue weighted by Crippen LogP contribution is 2.25. The second kappa shape index (κ2) is 5.63. The normalized spacial score (nSPS) is 33.1. The lowest BCUT2D eigenvalue weighted by Gasteiger charge is -2.47. The van der Waals surface area contributed by atoms with Crippen LogP contribution in [-0.2, 0) is 14.4 Å². The Labute approximate surface area is 123 Å². The largest absolute Gasteiger partial charge is 0.477 e. The molecule has 0 aromatic heterocycles. The van der Waals surface area contributed by atoms with Crippen molar-refractivity contribution in [3.8, 4) is 0 Å². The van der Waals surface area contributed by atoms with Gasteiger partial charge in [0.05, 0.1) is 0 Å². The lowest BCUT2D eigenvalue weighted by molar-refractivity contribution is -0.149. The Balaban J connectivity index is 1.63. The monoisotopic (exact) mass is 295 g/mol. The fraction of sp³-hybridized carbons (Fsp3) is 0.786. The molecule has 116 valence electrons. The van der Waals surface area contributed by atoms with Crippen molar-refractivity contribution in [2.24, 2.45) is 5.16 Å². The average Bonchev–Trinajstić information content (AvgIpc) is 2.96. The molecule has 3 atom stereocenters. The Bertz CT molecular complexity index is 479. The van der Waals surface area contributed by atoms with Crippen LogP contribution in [0.1, 0.15) is 32.6 Å². The van der Waals surface area contributed by atoms with E-state index in [9.17, 15) is 9.59 Å². The third kappa shape index (κ3) is 2.74. The van der Waals surface area contributed by atoms with Crippen LogP contribution in [0.4, 0.5) is 0 Å². The number of nitrogens with zero attached hydrogens (tertiary/aromatic N) is 3. The molecule has 1 amide bonds. The Kier molecular flexibility index (Phi) is 3.84. The van der Waals surface area contributed by atoms with E-state index in [0.29, 0.717) is 12.6 Å². The van der Waals surface area contributed by atoms with E-state index in [4.69, 9.17) is 9.94 Å². The molecule has 2 fully saturated rings. The van der Waals surface area contributed by atoms with Gasteiger partial charge in [0, 0.05) is 31.6 Å². The second-order valence-corrected chi connectivity index (χ2v) is 6.13. The third-order valence-electron chi connectivity index (χ3n) is 4.66. The van der Waals surface area contributed by atoms with E-state index >= 15 is 0 Å². The Morgan fingerprint density at radius 2 is 2.14 bits per heavy atom. The number of oxime groups is 1. The number of carbonyl (C=O) groups is 2. The molecule has 0 aliphatic carbocycles. The van der Waals surface area contributed by atoms with Gasteiger partial charge in [0.15, 0.2) is 5.71 Å². The van der Waals surface area contributed by atoms with Gasteiger partial charge in [-0.15, -0.1) is 0 Å². The van der Waals surface area contributed by atoms with Crippen molar-refractivity contribution < 1.29 is 19.5 Å². The van der Waals surface area contributed by atoms with Crippen molar-refractivity contribution >= 4 is 17.6 Å². The zero-order chi connectivity index (χ0) is 15.0. The molecule has 7 nitrogen and oxygen atoms in total. The number of fused-ring (bicyclic) bond motifs is 1. The minimum absolute atomic E-state index is 0.0613. The minimum atomic E-state index is -1.12. The molecule has 0 bridgehead atoms. The molecule has 21 heavy (non-hydrogen) atoms. The van der Waals surface area contributed by atoms with Crippen LogP contribution < -0.4 is 0 Å². The summed E-state index contributed by atoms with van der Waals surface area (Å²) < 4.78 is 0. The second-order valence-electron chi connectivity index (χ2n) is 6.13. The van der Waals surface area contributed by atoms with E-state index in [1.165, 1.54) is 12.8 Å². The van der Waals surface area contributed by atoms with Gasteiger partial charge in [0.25, 0.3) is 5.91 Å². The summed E-state index contributed by atoms with van der Waals surface area (Å²) in [5.74, 6) is -1.25. The number of carboxylic acids is 1. The molecule has 3 rings (SSSR count). The number of amides is 1. The lowest BCUT2D eigenvalue weighted by atomic mass is 9.96. The van der Waals surface area contributed by atoms with E-state index in [-0.39, 0.29) is 24.1 Å². The number of piperidine rings is 1. The van der Waals surface area contributed by atoms with Gasteiger partial charge in [-0.3, -0.25) is 9.69 Å². The van der Waals surface area contributed by atoms with Gasteiger partial charge in [0.2, 0.25) is 6.10 Å². The summed E-state index contributed by atoms with van der Waals surface area (Å²) in [6, 6.07) is 0.560. The van der Waals surface area contributed by atoms with Crippen LogP contribution in [0.2, 0.25) is 0 Å². The number of carbonyl (C=O) groups excluding carboxylic acids is 1. The zero-order valence-corrected chi connectivity index (χ0v) is 12.2. The summed E-state index contributed by atoms with van der Waals surface area (Å²) in [6.45, 7) is 4.75. The smallest absolute Gasteiger partial charge is 0.353 e. The van der Waals surface area contributed by atoms with E-state index in [2.05, 4.69) is 10.1 Å². The standard InChI is InChI=1S/C14H21N3O4/c1-9-7-16-5-3-2-4-10(16)8-17(9)13(18)12-6-11(14(19)20)15-21-12/h9-10,12H,2-8H2,1H3,(H,19,20). The molecule has 7 heteroatoms. The number of aliphatic carboxylic acids is 1. The Hall–Kier alpha value is -1.63. The summed E-state index contributed by atoms with van der Waals surface area (Å²) in [6.07, 6.45) is 2.86. The predicted octanol–water partition coefficient (Wildman–Crippen LogP) is 0.301. The van der Waals surface area contributed by atoms with Gasteiger partial charge in [-0.25, -0.2) is 4.79 Å². The number of piperazine rings is 1. The van der Waals surface area contributed by atoms with Crippen LogP contribution in [0.5, 0.6) is 0 Å². The zero-order valence-electron chi connectivity index (χ0n) is 12.2. The van der Waals surface area contributed by atoms with Gasteiger partial charge >= 0.3 is 5.97 Å². The predicted molar refractivity (Wildman–Crippen MR) is 74.9 cm³/mol. The van der Waals surface area contributed by atoms with Crippen LogP contribution >= 0.6 is 0 Å². The highest BCUT2D eigenvalue weighted by Gasteiger charge is 2.40. The third-order valence-corrected chi connectivity index (χ3v) is 4.66. The topological polar surface area (TPSA) is 82.4 Å². The summed E-state index contributed by atoms with van der Waals surface area (Å²) in [7, 11) is 0. The molecular formula is C14H21N3O4. The van der Waals surface area contributed by atoms with Gasteiger partial charge in [-0.05, 0) is 26.3 Å². The molecule has 3 unspecified atom stereocenters. The average molecular weight is 295 g/mol. The van der Waals surface area contributed by atoms with Crippen LogP contribution in [-0.4, -0.2) is 70.3 Å². The van der Waals surface area contributed by atoms with Crippen molar-refractivity contribution in [1.29, 1.82) is 0 Å². The summed E-state index contributed by atoms with van der Waals surface area (Å²) in [4.78, 5) is 32.8. The molecule has 0 aromatic rings. The van der Waals surface area contributed by atoms with Gasteiger partial charge in [-0.1, -0.05) is 11.6 Å². The van der Waals surface area contributed by atoms with Crippen molar-refractivity contribution in [1.82, 2.24) is 9.80 Å². The fourth-order valence-electron chi connectivity index (χ4n) is 3.48. The number of rotatable bonds is 2. The number of hydrogen-bond acceptors (Lipinski definition) is 5. The quantitative estimate of drug-likeness (QED) is 0.792. The number of carboxylic acid groups (broad SMARTS) is 1. The van der Waals surface area contributed by atoms with E-state index in [0.717, 1.165) is 19.5 Å².